The van der Waals surface area contributed by atoms with E-state index in [4.69, 9.17) is 0 Å². The van der Waals surface area contributed by atoms with Crippen LogP contribution in [0.2, 0.25) is 0 Å². The first-order valence-corrected chi connectivity index (χ1v) is 10.1. The predicted octanol–water partition coefficient (Wildman–Crippen LogP) is 2.42. The number of azo groups is 1. The highest BCUT2D eigenvalue weighted by molar-refractivity contribution is 5.76. The van der Waals surface area contributed by atoms with Crippen LogP contribution in [0.3, 0.4) is 0 Å². The molecule has 2 aromatic rings. The molecule has 0 saturated carbocycles. The minimum absolute atomic E-state index is 0.874. The third-order valence-electron chi connectivity index (χ3n) is 5.24. The number of rotatable bonds is 8. The molecule has 1 aromatic heterocycles. The zero-order valence-electron chi connectivity index (χ0n) is 16.9. The molecule has 0 radical (unpaired) electrons. The normalized spacial score (nSPS) is 14.2. The number of hydrogen-bond acceptors (Lipinski definition) is 4. The maximum absolute atomic E-state index is 4.56. The van der Waals surface area contributed by atoms with Crippen molar-refractivity contribution < 1.29 is 10.3 Å². The van der Waals surface area contributed by atoms with Crippen LogP contribution in [0.4, 0.5) is 23.0 Å². The molecule has 0 bridgehead atoms. The third-order valence-corrected chi connectivity index (χ3v) is 5.24. The lowest BCUT2D eigenvalue weighted by Gasteiger charge is -2.38. The number of quaternary nitrogens is 1. The molecule has 0 unspecified atom stereocenters. The number of hydrogen-bond donors (Lipinski definition) is 1. The van der Waals surface area contributed by atoms with Gasteiger partial charge in [-0.2, -0.15) is 0 Å². The predicted molar refractivity (Wildman–Crippen MR) is 109 cm³/mol. The zero-order valence-corrected chi connectivity index (χ0v) is 16.9. The molecule has 0 aliphatic carbocycles. The van der Waals surface area contributed by atoms with Gasteiger partial charge in [-0.15, -0.1) is 0 Å². The Balaban J connectivity index is 1.83. The Morgan fingerprint density at radius 1 is 1.04 bits per heavy atom. The Kier molecular flexibility index (Phi) is 6.45. The Bertz CT molecular complexity index is 781. The molecule has 1 aliphatic rings. The average Bonchev–Trinajstić information content (AvgIpc) is 3.05. The van der Waals surface area contributed by atoms with Crippen LogP contribution in [0.15, 0.2) is 40.8 Å². The van der Waals surface area contributed by atoms with Crippen LogP contribution < -0.4 is 20.1 Å². The number of imidazole rings is 1. The molecule has 3 N–H and O–H groups in total. The van der Waals surface area contributed by atoms with Crippen molar-refractivity contribution >= 4 is 23.0 Å². The fraction of sp³-hybridized carbons (Fsp3) is 0.550. The van der Waals surface area contributed by atoms with Gasteiger partial charge in [0.1, 0.15) is 5.69 Å². The molecular weight excluding hydrogens is 338 g/mol. The fourth-order valence-corrected chi connectivity index (χ4v) is 3.61. The van der Waals surface area contributed by atoms with Gasteiger partial charge in [-0.3, -0.25) is 0 Å². The van der Waals surface area contributed by atoms with Crippen molar-refractivity contribution in [3.05, 3.63) is 30.6 Å². The van der Waals surface area contributed by atoms with Gasteiger partial charge in [0.05, 0.1) is 43.9 Å². The third kappa shape index (κ3) is 4.30. The number of benzene rings is 1. The van der Waals surface area contributed by atoms with Crippen LogP contribution in [-0.2, 0) is 13.6 Å². The number of aryl methyl sites for hydroxylation is 2. The summed E-state index contributed by atoms with van der Waals surface area (Å²) in [6.45, 7) is 10.5. The molecule has 1 aromatic carbocycles. The molecule has 3 rings (SSSR count). The molecule has 2 heterocycles. The Labute approximate surface area is 162 Å². The Morgan fingerprint density at radius 3 is 2.48 bits per heavy atom. The molecule has 1 aliphatic heterocycles. The van der Waals surface area contributed by atoms with Gasteiger partial charge in [0, 0.05) is 31.3 Å². The number of likely N-dealkylation sites (N-methyl/N-ethyl adjacent to an activating group) is 2. The number of anilines is 2. The Morgan fingerprint density at radius 2 is 1.78 bits per heavy atom. The van der Waals surface area contributed by atoms with E-state index < -0.39 is 0 Å². The first kappa shape index (κ1) is 19.4. The van der Waals surface area contributed by atoms with Crippen LogP contribution in [0, 0.1) is 0 Å². The SMILES string of the molecule is CCN1CCN(CC)c2cc(N=Nc3n(CCCC[NH3+])cc[n+]3C)ccc21. The summed E-state index contributed by atoms with van der Waals surface area (Å²) in [6, 6.07) is 6.42. The van der Waals surface area contributed by atoms with E-state index in [-0.39, 0.29) is 0 Å². The van der Waals surface area contributed by atoms with Crippen LogP contribution in [0.25, 0.3) is 0 Å². The van der Waals surface area contributed by atoms with Gasteiger partial charge in [0.25, 0.3) is 0 Å². The minimum Gasteiger partial charge on any atom is -0.368 e. The summed E-state index contributed by atoms with van der Waals surface area (Å²) in [4.78, 5) is 4.85. The summed E-state index contributed by atoms with van der Waals surface area (Å²) < 4.78 is 4.18. The lowest BCUT2D eigenvalue weighted by atomic mass is 10.1. The van der Waals surface area contributed by atoms with E-state index in [0.717, 1.165) is 63.7 Å². The molecule has 27 heavy (non-hydrogen) atoms. The van der Waals surface area contributed by atoms with Gasteiger partial charge in [0.2, 0.25) is 0 Å². The maximum Gasteiger partial charge on any atom is 0.421 e. The van der Waals surface area contributed by atoms with E-state index in [2.05, 4.69) is 68.6 Å². The van der Waals surface area contributed by atoms with E-state index in [0.29, 0.717) is 0 Å². The molecule has 0 atom stereocenters. The van der Waals surface area contributed by atoms with Gasteiger partial charge in [-0.05, 0) is 44.9 Å². The number of nitrogens with zero attached hydrogens (tertiary/aromatic N) is 6. The van der Waals surface area contributed by atoms with Gasteiger partial charge >= 0.3 is 5.95 Å². The maximum atomic E-state index is 4.56. The Hall–Kier alpha value is -2.41. The minimum atomic E-state index is 0.874. The van der Waals surface area contributed by atoms with Crippen molar-refractivity contribution in [3.8, 4) is 0 Å². The standard InChI is InChI=1S/C20H32N7/c1-4-25-14-15-26(5-2)19-16-17(8-9-18(19)25)22-23-20-24(3)12-13-27(20)11-7-6-10-21/h8-9,12-13,16H,4-7,10-11,14-15,21H2,1-3H3/q+1/p+1. The van der Waals surface area contributed by atoms with Gasteiger partial charge in [-0.25, -0.2) is 9.13 Å². The largest absolute Gasteiger partial charge is 0.421 e. The second-order valence-electron chi connectivity index (χ2n) is 7.00. The van der Waals surface area contributed by atoms with Crippen LogP contribution in [0.5, 0.6) is 0 Å². The topological polar surface area (TPSA) is 67.6 Å². The molecule has 146 valence electrons. The summed E-state index contributed by atoms with van der Waals surface area (Å²) in [5.41, 5.74) is 7.37. The summed E-state index contributed by atoms with van der Waals surface area (Å²) in [7, 11) is 2.01. The highest BCUT2D eigenvalue weighted by Crippen LogP contribution is 2.36. The summed E-state index contributed by atoms with van der Waals surface area (Å²) in [5, 5.41) is 9.11. The lowest BCUT2D eigenvalue weighted by Crippen LogP contribution is -2.50. The molecule has 0 spiro atoms. The van der Waals surface area contributed by atoms with E-state index in [9.17, 15) is 0 Å². The molecule has 0 fully saturated rings. The summed E-state index contributed by atoms with van der Waals surface area (Å²) in [5.74, 6) is 0.874. The van der Waals surface area contributed by atoms with Crippen LogP contribution >= 0.6 is 0 Å². The molecule has 7 nitrogen and oxygen atoms in total. The van der Waals surface area contributed by atoms with Crippen molar-refractivity contribution in [2.45, 2.75) is 33.2 Å². The van der Waals surface area contributed by atoms with E-state index in [1.165, 1.54) is 11.4 Å². The fourth-order valence-electron chi connectivity index (χ4n) is 3.61. The van der Waals surface area contributed by atoms with Crippen LogP contribution in [-0.4, -0.2) is 37.3 Å². The molecule has 7 heteroatoms. The molecule has 0 amide bonds. The van der Waals surface area contributed by atoms with Gasteiger partial charge < -0.3 is 15.5 Å². The van der Waals surface area contributed by atoms with Crippen molar-refractivity contribution in [2.24, 2.45) is 17.3 Å². The highest BCUT2D eigenvalue weighted by atomic mass is 15.3. The monoisotopic (exact) mass is 371 g/mol. The summed E-state index contributed by atoms with van der Waals surface area (Å²) >= 11 is 0. The zero-order chi connectivity index (χ0) is 19.2. The van der Waals surface area contributed by atoms with Gasteiger partial charge in [0.15, 0.2) is 0 Å². The molecule has 0 saturated heterocycles. The number of unbranched alkanes of at least 4 members (excludes halogenated alkanes) is 1. The van der Waals surface area contributed by atoms with Gasteiger partial charge in [-0.1, -0.05) is 5.11 Å². The number of fused-ring (bicyclic) bond motifs is 1. The van der Waals surface area contributed by atoms with E-state index in [1.54, 1.807) is 0 Å². The first-order valence-electron chi connectivity index (χ1n) is 10.1. The molecular formula is C20H33N7+2. The summed E-state index contributed by atoms with van der Waals surface area (Å²) in [6.07, 6.45) is 6.34. The quantitative estimate of drug-likeness (QED) is 0.440. The van der Waals surface area contributed by atoms with Crippen molar-refractivity contribution in [2.75, 3.05) is 42.5 Å². The second kappa shape index (κ2) is 8.99. The van der Waals surface area contributed by atoms with Crippen LogP contribution in [0.1, 0.15) is 26.7 Å². The average molecular weight is 372 g/mol. The van der Waals surface area contributed by atoms with Crippen molar-refractivity contribution in [1.82, 2.24) is 4.57 Å². The first-order chi connectivity index (χ1) is 13.2. The highest BCUT2D eigenvalue weighted by Gasteiger charge is 2.21. The number of aromatic nitrogens is 2. The lowest BCUT2D eigenvalue weighted by molar-refractivity contribution is -0.657. The van der Waals surface area contributed by atoms with E-state index in [1.807, 2.05) is 17.8 Å². The van der Waals surface area contributed by atoms with Crippen molar-refractivity contribution in [3.63, 3.8) is 0 Å². The van der Waals surface area contributed by atoms with Crippen molar-refractivity contribution in [1.29, 1.82) is 0 Å². The second-order valence-corrected chi connectivity index (χ2v) is 7.00. The smallest absolute Gasteiger partial charge is 0.368 e. The van der Waals surface area contributed by atoms with E-state index >= 15 is 0 Å².